The summed E-state index contributed by atoms with van der Waals surface area (Å²) in [4.78, 5) is 28.8. The zero-order valence-corrected chi connectivity index (χ0v) is 14.3. The van der Waals surface area contributed by atoms with Gasteiger partial charge in [0.15, 0.2) is 5.65 Å². The van der Waals surface area contributed by atoms with Gasteiger partial charge in [0, 0.05) is 24.8 Å². The van der Waals surface area contributed by atoms with Crippen LogP contribution >= 0.6 is 0 Å². The third-order valence-electron chi connectivity index (χ3n) is 4.30. The summed E-state index contributed by atoms with van der Waals surface area (Å²) in [6.45, 7) is 3.74. The molecule has 2 aromatic heterocycles. The van der Waals surface area contributed by atoms with Crippen molar-refractivity contribution < 1.29 is 9.18 Å². The minimum Gasteiger partial charge on any atom is -0.326 e. The lowest BCUT2D eigenvalue weighted by Gasteiger charge is -2.10. The molecule has 0 radical (unpaired) electrons. The molecule has 7 heteroatoms. The number of anilines is 1. The second-order valence-electron chi connectivity index (χ2n) is 6.06. The van der Waals surface area contributed by atoms with E-state index in [9.17, 15) is 14.0 Å². The Labute approximate surface area is 143 Å². The van der Waals surface area contributed by atoms with Crippen LogP contribution in [-0.2, 0) is 18.3 Å². The molecular weight excluding hydrogens is 323 g/mol. The quantitative estimate of drug-likeness (QED) is 0.765. The number of nitrogens with zero attached hydrogens (tertiary/aromatic N) is 2. The molecule has 6 nitrogen and oxygen atoms in total. The predicted molar refractivity (Wildman–Crippen MR) is 94.2 cm³/mol. The maximum atomic E-state index is 12.9. The van der Waals surface area contributed by atoms with Crippen molar-refractivity contribution in [3.05, 3.63) is 57.3 Å². The maximum Gasteiger partial charge on any atom is 0.276 e. The molecule has 0 aliphatic rings. The third-order valence-corrected chi connectivity index (χ3v) is 4.30. The van der Waals surface area contributed by atoms with E-state index in [0.717, 1.165) is 16.8 Å². The lowest BCUT2D eigenvalue weighted by Crippen LogP contribution is -2.14. The topological polar surface area (TPSA) is 79.8 Å². The monoisotopic (exact) mass is 342 g/mol. The number of hydrogen-bond donors (Lipinski definition) is 2. The van der Waals surface area contributed by atoms with Crippen LogP contribution in [0.25, 0.3) is 11.0 Å². The molecule has 1 amide bonds. The zero-order valence-electron chi connectivity index (χ0n) is 14.3. The number of fused-ring (bicyclic) bond motifs is 1. The fraction of sp³-hybridized carbons (Fsp3) is 0.278. The Morgan fingerprint density at radius 1 is 1.28 bits per heavy atom. The number of carbonyl (C=O) groups excluding carboxylic acids is 1. The van der Waals surface area contributed by atoms with Gasteiger partial charge in [0.1, 0.15) is 5.82 Å². The number of halogens is 1. The Bertz CT molecular complexity index is 1000. The van der Waals surface area contributed by atoms with Crippen LogP contribution in [0.15, 0.2) is 29.1 Å². The first-order valence-electron chi connectivity index (χ1n) is 7.97. The van der Waals surface area contributed by atoms with E-state index in [4.69, 9.17) is 0 Å². The molecule has 1 aromatic carbocycles. The first-order chi connectivity index (χ1) is 11.9. The molecular formula is C18H19FN4O2. The van der Waals surface area contributed by atoms with Crippen LogP contribution in [0.2, 0.25) is 0 Å². The molecule has 0 spiro atoms. The highest BCUT2D eigenvalue weighted by Gasteiger charge is 2.15. The van der Waals surface area contributed by atoms with Crippen LogP contribution in [0.5, 0.6) is 0 Å². The Balaban J connectivity index is 1.78. The molecule has 3 rings (SSSR count). The minimum absolute atomic E-state index is 0.128. The van der Waals surface area contributed by atoms with E-state index >= 15 is 0 Å². The van der Waals surface area contributed by atoms with Gasteiger partial charge in [0.25, 0.3) is 5.56 Å². The van der Waals surface area contributed by atoms with Crippen LogP contribution < -0.4 is 10.9 Å². The molecule has 3 aromatic rings. The number of aromatic amines is 1. The molecule has 130 valence electrons. The molecule has 0 bridgehead atoms. The number of benzene rings is 1. The second kappa shape index (κ2) is 6.51. The molecule has 2 heterocycles. The Morgan fingerprint density at radius 3 is 2.64 bits per heavy atom. The van der Waals surface area contributed by atoms with Gasteiger partial charge in [-0.05, 0) is 55.7 Å². The Hall–Kier alpha value is -2.96. The van der Waals surface area contributed by atoms with Crippen molar-refractivity contribution >= 4 is 22.6 Å². The maximum absolute atomic E-state index is 12.9. The highest BCUT2D eigenvalue weighted by atomic mass is 19.1. The molecule has 0 atom stereocenters. The predicted octanol–water partition coefficient (Wildman–Crippen LogP) is 2.59. The van der Waals surface area contributed by atoms with Gasteiger partial charge in [0.2, 0.25) is 5.91 Å². The zero-order chi connectivity index (χ0) is 18.1. The lowest BCUT2D eigenvalue weighted by molar-refractivity contribution is -0.116. The number of H-pyrrole nitrogens is 1. The number of carbonyl (C=O) groups is 1. The molecule has 25 heavy (non-hydrogen) atoms. The average Bonchev–Trinajstić information content (AvgIpc) is 2.83. The van der Waals surface area contributed by atoms with E-state index in [1.807, 2.05) is 13.8 Å². The molecule has 0 aliphatic carbocycles. The standard InChI is InChI=1S/C18H19FN4O2/c1-10-14(11(2)20-17-16(10)18(25)23(3)22-17)8-9-15(24)21-13-6-4-12(19)5-7-13/h4-7H,8-9H2,1-3H3,(H,20,22)(H,21,24). The highest BCUT2D eigenvalue weighted by Crippen LogP contribution is 2.20. The summed E-state index contributed by atoms with van der Waals surface area (Å²) in [7, 11) is 1.65. The number of amides is 1. The SMILES string of the molecule is Cc1nc2[nH]n(C)c(=O)c2c(C)c1CCC(=O)Nc1ccc(F)cc1. The summed E-state index contributed by atoms with van der Waals surface area (Å²) in [5, 5.41) is 6.21. The summed E-state index contributed by atoms with van der Waals surface area (Å²) in [5.74, 6) is -0.524. The van der Waals surface area contributed by atoms with E-state index in [1.165, 1.54) is 28.9 Å². The van der Waals surface area contributed by atoms with Gasteiger partial charge >= 0.3 is 0 Å². The van der Waals surface area contributed by atoms with Crippen molar-refractivity contribution in [2.45, 2.75) is 26.7 Å². The van der Waals surface area contributed by atoms with E-state index in [-0.39, 0.29) is 23.7 Å². The van der Waals surface area contributed by atoms with Crippen LogP contribution in [0.1, 0.15) is 23.2 Å². The molecule has 0 unspecified atom stereocenters. The van der Waals surface area contributed by atoms with Gasteiger partial charge in [0.05, 0.1) is 5.39 Å². The summed E-state index contributed by atoms with van der Waals surface area (Å²) >= 11 is 0. The van der Waals surface area contributed by atoms with E-state index in [2.05, 4.69) is 15.4 Å². The fourth-order valence-electron chi connectivity index (χ4n) is 2.97. The number of rotatable bonds is 4. The van der Waals surface area contributed by atoms with Gasteiger partial charge in [-0.1, -0.05) is 0 Å². The number of pyridine rings is 1. The first-order valence-corrected chi connectivity index (χ1v) is 7.97. The summed E-state index contributed by atoms with van der Waals surface area (Å²) in [6, 6.07) is 5.62. The highest BCUT2D eigenvalue weighted by molar-refractivity contribution is 5.91. The van der Waals surface area contributed by atoms with Crippen molar-refractivity contribution in [2.75, 3.05) is 5.32 Å². The van der Waals surface area contributed by atoms with E-state index < -0.39 is 0 Å². The van der Waals surface area contributed by atoms with Crippen LogP contribution in [0, 0.1) is 19.7 Å². The van der Waals surface area contributed by atoms with E-state index in [0.29, 0.717) is 23.1 Å². The minimum atomic E-state index is -0.350. The van der Waals surface area contributed by atoms with Crippen LogP contribution in [0.4, 0.5) is 10.1 Å². The lowest BCUT2D eigenvalue weighted by atomic mass is 10.0. The van der Waals surface area contributed by atoms with Crippen LogP contribution in [-0.4, -0.2) is 20.7 Å². The summed E-state index contributed by atoms with van der Waals surface area (Å²) in [5.41, 5.74) is 3.52. The number of aryl methyl sites for hydroxylation is 3. The fourth-order valence-corrected chi connectivity index (χ4v) is 2.97. The number of nitrogens with one attached hydrogen (secondary N) is 2. The first kappa shape index (κ1) is 16.9. The molecule has 0 saturated carbocycles. The van der Waals surface area contributed by atoms with E-state index in [1.54, 1.807) is 7.05 Å². The second-order valence-corrected chi connectivity index (χ2v) is 6.06. The largest absolute Gasteiger partial charge is 0.326 e. The number of aromatic nitrogens is 3. The Kier molecular flexibility index (Phi) is 4.39. The average molecular weight is 342 g/mol. The van der Waals surface area contributed by atoms with Crippen LogP contribution in [0.3, 0.4) is 0 Å². The van der Waals surface area contributed by atoms with Gasteiger partial charge < -0.3 is 5.32 Å². The normalized spacial score (nSPS) is 11.0. The summed E-state index contributed by atoms with van der Waals surface area (Å²) < 4.78 is 14.3. The third kappa shape index (κ3) is 3.31. The molecule has 0 fully saturated rings. The van der Waals surface area contributed by atoms with Crippen molar-refractivity contribution in [3.63, 3.8) is 0 Å². The smallest absolute Gasteiger partial charge is 0.276 e. The number of hydrogen-bond acceptors (Lipinski definition) is 3. The van der Waals surface area contributed by atoms with Gasteiger partial charge in [-0.25, -0.2) is 9.37 Å². The van der Waals surface area contributed by atoms with Crippen molar-refractivity contribution in [3.8, 4) is 0 Å². The van der Waals surface area contributed by atoms with Crippen molar-refractivity contribution in [1.82, 2.24) is 14.8 Å². The van der Waals surface area contributed by atoms with Gasteiger partial charge in [-0.2, -0.15) is 0 Å². The van der Waals surface area contributed by atoms with Gasteiger partial charge in [-0.3, -0.25) is 19.4 Å². The molecule has 2 N–H and O–H groups in total. The summed E-state index contributed by atoms with van der Waals surface area (Å²) in [6.07, 6.45) is 0.721. The molecule has 0 saturated heterocycles. The van der Waals surface area contributed by atoms with Crippen molar-refractivity contribution in [1.29, 1.82) is 0 Å². The molecule has 0 aliphatic heterocycles. The van der Waals surface area contributed by atoms with Crippen molar-refractivity contribution in [2.24, 2.45) is 7.05 Å². The van der Waals surface area contributed by atoms with Gasteiger partial charge in [-0.15, -0.1) is 0 Å². The Morgan fingerprint density at radius 2 is 1.96 bits per heavy atom.